The van der Waals surface area contributed by atoms with Crippen molar-refractivity contribution in [1.29, 1.82) is 0 Å². The van der Waals surface area contributed by atoms with Gasteiger partial charge in [-0.15, -0.1) is 0 Å². The highest BCUT2D eigenvalue weighted by molar-refractivity contribution is 6.38. The van der Waals surface area contributed by atoms with Gasteiger partial charge in [-0.1, -0.05) is 47.5 Å². The first kappa shape index (κ1) is 12.3. The maximum absolute atomic E-state index is 11.9. The van der Waals surface area contributed by atoms with E-state index in [1.807, 2.05) is 18.2 Å². The highest BCUT2D eigenvalue weighted by Gasteiger charge is 2.26. The van der Waals surface area contributed by atoms with Crippen LogP contribution in [-0.2, 0) is 4.79 Å². The Morgan fingerprint density at radius 1 is 0.947 bits per heavy atom. The Morgan fingerprint density at radius 3 is 2.37 bits per heavy atom. The van der Waals surface area contributed by atoms with Gasteiger partial charge in [0.25, 0.3) is 0 Å². The van der Waals surface area contributed by atoms with Crippen molar-refractivity contribution in [2.75, 3.05) is 0 Å². The minimum atomic E-state index is -0.391. The lowest BCUT2D eigenvalue weighted by molar-refractivity contribution is -0.126. The van der Waals surface area contributed by atoms with Crippen molar-refractivity contribution in [2.45, 2.75) is 0 Å². The predicted molar refractivity (Wildman–Crippen MR) is 76.4 cm³/mol. The molecule has 2 aromatic carbocycles. The van der Waals surface area contributed by atoms with Gasteiger partial charge in [0, 0.05) is 21.2 Å². The number of carbonyl (C=O) groups excluding carboxylic acids is 1. The van der Waals surface area contributed by atoms with Gasteiger partial charge in [0.2, 0.25) is 0 Å². The summed E-state index contributed by atoms with van der Waals surface area (Å²) in [5.74, 6) is 0.166. The SMILES string of the molecule is O=C1Oc2ccccc2C1=Cc1c(Cl)cccc1Cl. The monoisotopic (exact) mass is 290 g/mol. The van der Waals surface area contributed by atoms with Gasteiger partial charge in [-0.05, 0) is 24.3 Å². The highest BCUT2D eigenvalue weighted by Crippen LogP contribution is 2.37. The molecule has 0 fully saturated rings. The average Bonchev–Trinajstić information content (AvgIpc) is 2.70. The van der Waals surface area contributed by atoms with E-state index in [0.29, 0.717) is 26.9 Å². The summed E-state index contributed by atoms with van der Waals surface area (Å²) in [5.41, 5.74) is 1.84. The lowest BCUT2D eigenvalue weighted by Crippen LogP contribution is -2.00. The number of esters is 1. The molecular weight excluding hydrogens is 283 g/mol. The van der Waals surface area contributed by atoms with Gasteiger partial charge in [0.15, 0.2) is 0 Å². The molecule has 0 aliphatic carbocycles. The van der Waals surface area contributed by atoms with Crippen molar-refractivity contribution in [3.63, 3.8) is 0 Å². The van der Waals surface area contributed by atoms with E-state index in [9.17, 15) is 4.79 Å². The van der Waals surface area contributed by atoms with Crippen LogP contribution in [0.25, 0.3) is 11.6 Å². The fourth-order valence-corrected chi connectivity index (χ4v) is 2.48. The molecule has 0 radical (unpaired) electrons. The summed E-state index contributed by atoms with van der Waals surface area (Å²) in [5, 5.41) is 0.995. The molecule has 3 rings (SSSR count). The lowest BCUT2D eigenvalue weighted by atomic mass is 10.0. The van der Waals surface area contributed by atoms with Crippen LogP contribution in [0.4, 0.5) is 0 Å². The Morgan fingerprint density at radius 2 is 1.63 bits per heavy atom. The standard InChI is InChI=1S/C15H8Cl2O2/c16-12-5-3-6-13(17)11(12)8-10-9-4-1-2-7-14(9)19-15(10)18/h1-8H. The summed E-state index contributed by atoms with van der Waals surface area (Å²) in [6, 6.07) is 12.5. The first-order chi connectivity index (χ1) is 9.16. The Balaban J connectivity index is 2.17. The molecule has 19 heavy (non-hydrogen) atoms. The molecule has 0 bridgehead atoms. The summed E-state index contributed by atoms with van der Waals surface area (Å²) in [6.45, 7) is 0. The second-order valence-corrected chi connectivity index (χ2v) is 4.89. The summed E-state index contributed by atoms with van der Waals surface area (Å²) < 4.78 is 5.18. The Kier molecular flexibility index (Phi) is 3.05. The van der Waals surface area contributed by atoms with Gasteiger partial charge in [-0.3, -0.25) is 0 Å². The zero-order chi connectivity index (χ0) is 13.4. The van der Waals surface area contributed by atoms with E-state index in [1.165, 1.54) is 0 Å². The maximum Gasteiger partial charge on any atom is 0.344 e. The van der Waals surface area contributed by atoms with E-state index in [0.717, 1.165) is 5.56 Å². The zero-order valence-electron chi connectivity index (χ0n) is 9.69. The molecule has 0 saturated heterocycles. The van der Waals surface area contributed by atoms with Gasteiger partial charge in [-0.25, -0.2) is 4.79 Å². The molecule has 1 heterocycles. The van der Waals surface area contributed by atoms with Crippen LogP contribution >= 0.6 is 23.2 Å². The molecule has 0 N–H and O–H groups in total. The van der Waals surface area contributed by atoms with Crippen LogP contribution in [-0.4, -0.2) is 5.97 Å². The van der Waals surface area contributed by atoms with E-state index < -0.39 is 5.97 Å². The third-order valence-electron chi connectivity index (χ3n) is 2.89. The van der Waals surface area contributed by atoms with Crippen molar-refractivity contribution in [3.8, 4) is 5.75 Å². The number of carbonyl (C=O) groups is 1. The molecular formula is C15H8Cl2O2. The van der Waals surface area contributed by atoms with Crippen molar-refractivity contribution >= 4 is 40.8 Å². The van der Waals surface area contributed by atoms with Crippen LogP contribution in [0, 0.1) is 0 Å². The fourth-order valence-electron chi connectivity index (χ4n) is 1.97. The summed E-state index contributed by atoms with van der Waals surface area (Å²) in [4.78, 5) is 11.9. The zero-order valence-corrected chi connectivity index (χ0v) is 11.2. The highest BCUT2D eigenvalue weighted by atomic mass is 35.5. The van der Waals surface area contributed by atoms with Gasteiger partial charge < -0.3 is 4.74 Å². The molecule has 0 spiro atoms. The molecule has 2 aromatic rings. The molecule has 4 heteroatoms. The first-order valence-electron chi connectivity index (χ1n) is 5.64. The summed E-state index contributed by atoms with van der Waals surface area (Å²) in [7, 11) is 0. The molecule has 0 aromatic heterocycles. The molecule has 1 aliphatic heterocycles. The molecule has 94 valence electrons. The molecule has 1 aliphatic rings. The molecule has 2 nitrogen and oxygen atoms in total. The number of ether oxygens (including phenoxy) is 1. The van der Waals surface area contributed by atoms with Crippen molar-refractivity contribution in [1.82, 2.24) is 0 Å². The van der Waals surface area contributed by atoms with Gasteiger partial charge >= 0.3 is 5.97 Å². The first-order valence-corrected chi connectivity index (χ1v) is 6.39. The van der Waals surface area contributed by atoms with Crippen LogP contribution in [0.15, 0.2) is 42.5 Å². The van der Waals surface area contributed by atoms with Gasteiger partial charge in [0.05, 0.1) is 5.57 Å². The number of para-hydroxylation sites is 1. The van der Waals surface area contributed by atoms with E-state index in [1.54, 1.807) is 30.3 Å². The van der Waals surface area contributed by atoms with E-state index >= 15 is 0 Å². The number of fused-ring (bicyclic) bond motifs is 1. The smallest absolute Gasteiger partial charge is 0.344 e. The number of benzene rings is 2. The maximum atomic E-state index is 11.9. The Labute approximate surface area is 120 Å². The molecule has 0 amide bonds. The summed E-state index contributed by atoms with van der Waals surface area (Å²) >= 11 is 12.2. The van der Waals surface area contributed by atoms with Crippen LogP contribution in [0.1, 0.15) is 11.1 Å². The van der Waals surface area contributed by atoms with Gasteiger partial charge in [0.1, 0.15) is 5.75 Å². The molecule has 0 saturated carbocycles. The fraction of sp³-hybridized carbons (Fsp3) is 0. The third kappa shape index (κ3) is 2.14. The van der Waals surface area contributed by atoms with Crippen molar-refractivity contribution < 1.29 is 9.53 Å². The normalized spacial score (nSPS) is 15.5. The number of rotatable bonds is 1. The lowest BCUT2D eigenvalue weighted by Gasteiger charge is -2.02. The Hall–Kier alpha value is -1.77. The number of halogens is 2. The van der Waals surface area contributed by atoms with Crippen molar-refractivity contribution in [2.24, 2.45) is 0 Å². The second kappa shape index (κ2) is 4.72. The van der Waals surface area contributed by atoms with Crippen LogP contribution < -0.4 is 4.74 Å². The minimum absolute atomic E-state index is 0.391. The van der Waals surface area contributed by atoms with E-state index in [-0.39, 0.29) is 0 Å². The largest absolute Gasteiger partial charge is 0.422 e. The summed E-state index contributed by atoms with van der Waals surface area (Å²) in [6.07, 6.45) is 1.67. The number of hydrogen-bond donors (Lipinski definition) is 0. The molecule has 0 atom stereocenters. The topological polar surface area (TPSA) is 26.3 Å². The molecule has 0 unspecified atom stereocenters. The van der Waals surface area contributed by atoms with Crippen LogP contribution in [0.3, 0.4) is 0 Å². The average molecular weight is 291 g/mol. The van der Waals surface area contributed by atoms with E-state index in [2.05, 4.69) is 0 Å². The van der Waals surface area contributed by atoms with Crippen LogP contribution in [0.5, 0.6) is 5.75 Å². The third-order valence-corrected chi connectivity index (χ3v) is 3.55. The second-order valence-electron chi connectivity index (χ2n) is 4.08. The van der Waals surface area contributed by atoms with E-state index in [4.69, 9.17) is 27.9 Å². The minimum Gasteiger partial charge on any atom is -0.422 e. The predicted octanol–water partition coefficient (Wildman–Crippen LogP) is 4.45. The Bertz CT molecular complexity index is 685. The van der Waals surface area contributed by atoms with Crippen molar-refractivity contribution in [3.05, 3.63) is 63.6 Å². The van der Waals surface area contributed by atoms with Gasteiger partial charge in [-0.2, -0.15) is 0 Å². The number of hydrogen-bond acceptors (Lipinski definition) is 2. The quantitative estimate of drug-likeness (QED) is 0.440. The van der Waals surface area contributed by atoms with Crippen LogP contribution in [0.2, 0.25) is 10.0 Å².